The van der Waals surface area contributed by atoms with E-state index >= 15 is 0 Å². The topological polar surface area (TPSA) is 74.0 Å². The Morgan fingerprint density at radius 1 is 1.12 bits per heavy atom. The highest BCUT2D eigenvalue weighted by Crippen LogP contribution is 2.60. The lowest BCUT2D eigenvalue weighted by atomic mass is 9.84. The highest BCUT2D eigenvalue weighted by atomic mass is 19.2. The highest BCUT2D eigenvalue weighted by Gasteiger charge is 2.53. The molecule has 7 heteroatoms. The van der Waals surface area contributed by atoms with Crippen LogP contribution in [0.1, 0.15) is 38.5 Å². The van der Waals surface area contributed by atoms with Crippen LogP contribution in [-0.4, -0.2) is 23.3 Å². The minimum absolute atomic E-state index is 0.245. The van der Waals surface area contributed by atoms with Crippen molar-refractivity contribution in [3.8, 4) is 0 Å². The number of hydrogen-bond acceptors (Lipinski definition) is 2. The molecule has 1 atom stereocenters. The van der Waals surface area contributed by atoms with Gasteiger partial charge in [-0.1, -0.05) is 19.3 Å². The summed E-state index contributed by atoms with van der Waals surface area (Å²) >= 11 is 0. The molecule has 0 unspecified atom stereocenters. The number of fused-ring (bicyclic) bond motifs is 1. The van der Waals surface area contributed by atoms with Crippen LogP contribution in [0.2, 0.25) is 0 Å². The van der Waals surface area contributed by atoms with Crippen molar-refractivity contribution < 1.29 is 18.4 Å². The van der Waals surface area contributed by atoms with Crippen LogP contribution in [0.4, 0.5) is 14.5 Å². The molecule has 1 heterocycles. The molecule has 0 bridgehead atoms. The average molecular weight is 361 g/mol. The first-order valence-electron chi connectivity index (χ1n) is 9.04. The summed E-state index contributed by atoms with van der Waals surface area (Å²) in [5.74, 6) is -3.04. The third-order valence-corrected chi connectivity index (χ3v) is 5.89. The fraction of sp³-hybridized carbons (Fsp3) is 0.474. The number of H-pyrrole nitrogens is 1. The summed E-state index contributed by atoms with van der Waals surface area (Å²) in [5, 5.41) is 5.47. The Kier molecular flexibility index (Phi) is 4.17. The monoisotopic (exact) mass is 361 g/mol. The van der Waals surface area contributed by atoms with Crippen molar-refractivity contribution in [1.82, 2.24) is 10.3 Å². The summed E-state index contributed by atoms with van der Waals surface area (Å²) in [6, 6.07) is 2.00. The summed E-state index contributed by atoms with van der Waals surface area (Å²) in [5.41, 5.74) is 0.978. The van der Waals surface area contributed by atoms with E-state index in [9.17, 15) is 18.4 Å². The SMILES string of the molecule is O=C(NC[C@@H]1CC12CCCCC2)C(=O)Nc1c[nH]c2cc(F)c(F)cc12. The van der Waals surface area contributed by atoms with Crippen LogP contribution in [0.3, 0.4) is 0 Å². The molecular weight excluding hydrogens is 340 g/mol. The predicted molar refractivity (Wildman–Crippen MR) is 93.5 cm³/mol. The molecule has 3 N–H and O–H groups in total. The van der Waals surface area contributed by atoms with Crippen molar-refractivity contribution >= 4 is 28.4 Å². The predicted octanol–water partition coefficient (Wildman–Crippen LogP) is 3.47. The summed E-state index contributed by atoms with van der Waals surface area (Å²) in [6.45, 7) is 0.514. The number of rotatable bonds is 3. The molecule has 0 radical (unpaired) electrons. The standard InChI is InChI=1S/C19H21F2N3O2/c20-13-6-12-15(7-14(13)21)22-10-16(12)24-18(26)17(25)23-9-11-8-19(11)4-2-1-3-5-19/h6-7,10-11,22H,1-5,8-9H2,(H,23,25)(H,24,26)/t11-/m0/s1. The van der Waals surface area contributed by atoms with Crippen LogP contribution in [0, 0.1) is 23.0 Å². The van der Waals surface area contributed by atoms with Crippen LogP contribution in [-0.2, 0) is 9.59 Å². The van der Waals surface area contributed by atoms with Gasteiger partial charge in [-0.3, -0.25) is 9.59 Å². The second kappa shape index (κ2) is 6.37. The number of aromatic nitrogens is 1. The number of aromatic amines is 1. The fourth-order valence-corrected chi connectivity index (χ4v) is 4.28. The number of nitrogens with one attached hydrogen (secondary N) is 3. The Morgan fingerprint density at radius 3 is 2.62 bits per heavy atom. The van der Waals surface area contributed by atoms with Crippen LogP contribution >= 0.6 is 0 Å². The maximum Gasteiger partial charge on any atom is 0.313 e. The first-order chi connectivity index (χ1) is 12.5. The number of halogens is 2. The van der Waals surface area contributed by atoms with Crippen LogP contribution in [0.25, 0.3) is 10.9 Å². The fourth-order valence-electron chi connectivity index (χ4n) is 4.28. The lowest BCUT2D eigenvalue weighted by Gasteiger charge is -2.22. The van der Waals surface area contributed by atoms with E-state index in [1.165, 1.54) is 38.3 Å². The molecule has 4 rings (SSSR count). The molecule has 2 aliphatic carbocycles. The van der Waals surface area contributed by atoms with Gasteiger partial charge in [-0.15, -0.1) is 0 Å². The Bertz CT molecular complexity index is 871. The molecule has 2 fully saturated rings. The number of carbonyl (C=O) groups is 2. The van der Waals surface area contributed by atoms with E-state index < -0.39 is 23.4 Å². The van der Waals surface area contributed by atoms with E-state index in [1.54, 1.807) is 0 Å². The van der Waals surface area contributed by atoms with Gasteiger partial charge in [0.15, 0.2) is 11.6 Å². The molecule has 26 heavy (non-hydrogen) atoms. The van der Waals surface area contributed by atoms with Crippen molar-refractivity contribution in [2.45, 2.75) is 38.5 Å². The number of hydrogen-bond donors (Lipinski definition) is 3. The average Bonchev–Trinajstić information content (AvgIpc) is 3.15. The Morgan fingerprint density at radius 2 is 1.85 bits per heavy atom. The van der Waals surface area contributed by atoms with Gasteiger partial charge in [0.1, 0.15) is 0 Å². The van der Waals surface area contributed by atoms with Gasteiger partial charge in [0.25, 0.3) is 0 Å². The number of carbonyl (C=O) groups excluding carboxylic acids is 2. The third kappa shape index (κ3) is 3.06. The van der Waals surface area contributed by atoms with Crippen molar-refractivity contribution in [2.24, 2.45) is 11.3 Å². The van der Waals surface area contributed by atoms with Crippen molar-refractivity contribution in [3.63, 3.8) is 0 Å². The first kappa shape index (κ1) is 17.0. The summed E-state index contributed by atoms with van der Waals surface area (Å²) < 4.78 is 26.6. The summed E-state index contributed by atoms with van der Waals surface area (Å²) in [4.78, 5) is 26.9. The smallest absolute Gasteiger partial charge is 0.313 e. The van der Waals surface area contributed by atoms with Gasteiger partial charge in [0.05, 0.1) is 11.2 Å². The Hall–Kier alpha value is -2.44. The summed E-state index contributed by atoms with van der Waals surface area (Å²) in [6.07, 6.45) is 8.77. The molecular formula is C19H21F2N3O2. The van der Waals surface area contributed by atoms with Gasteiger partial charge in [-0.05, 0) is 36.7 Å². The molecule has 138 valence electrons. The van der Waals surface area contributed by atoms with E-state index in [1.807, 2.05) is 0 Å². The molecule has 1 aromatic heterocycles. The molecule has 2 aliphatic rings. The van der Waals surface area contributed by atoms with E-state index in [0.29, 0.717) is 28.8 Å². The van der Waals surface area contributed by atoms with Crippen molar-refractivity contribution in [2.75, 3.05) is 11.9 Å². The largest absolute Gasteiger partial charge is 0.359 e. The molecule has 1 spiro atoms. The van der Waals surface area contributed by atoms with Crippen LogP contribution in [0.15, 0.2) is 18.3 Å². The number of benzene rings is 1. The van der Waals surface area contributed by atoms with Gasteiger partial charge in [-0.25, -0.2) is 8.78 Å². The maximum atomic E-state index is 13.4. The van der Waals surface area contributed by atoms with E-state index in [0.717, 1.165) is 18.6 Å². The van der Waals surface area contributed by atoms with Gasteiger partial charge >= 0.3 is 11.8 Å². The molecule has 0 aliphatic heterocycles. The minimum Gasteiger partial charge on any atom is -0.359 e. The van der Waals surface area contributed by atoms with Crippen molar-refractivity contribution in [3.05, 3.63) is 30.0 Å². The second-order valence-electron chi connectivity index (χ2n) is 7.50. The van der Waals surface area contributed by atoms with Crippen LogP contribution < -0.4 is 10.6 Å². The molecule has 5 nitrogen and oxygen atoms in total. The Labute approximate surface area is 149 Å². The number of amides is 2. The van der Waals surface area contributed by atoms with Gasteiger partial charge in [0, 0.05) is 24.2 Å². The van der Waals surface area contributed by atoms with E-state index in [2.05, 4.69) is 15.6 Å². The minimum atomic E-state index is -1.01. The van der Waals surface area contributed by atoms with Crippen LogP contribution in [0.5, 0.6) is 0 Å². The normalized spacial score (nSPS) is 20.9. The quantitative estimate of drug-likeness (QED) is 0.733. The van der Waals surface area contributed by atoms with Crippen molar-refractivity contribution in [1.29, 1.82) is 0 Å². The molecule has 1 aromatic carbocycles. The molecule has 0 saturated heterocycles. The molecule has 2 aromatic rings. The van der Waals surface area contributed by atoms with E-state index in [-0.39, 0.29) is 5.69 Å². The zero-order chi connectivity index (χ0) is 18.3. The highest BCUT2D eigenvalue weighted by molar-refractivity contribution is 6.40. The second-order valence-corrected chi connectivity index (χ2v) is 7.50. The molecule has 2 amide bonds. The van der Waals surface area contributed by atoms with Gasteiger partial charge in [0.2, 0.25) is 0 Å². The lowest BCUT2D eigenvalue weighted by molar-refractivity contribution is -0.136. The maximum absolute atomic E-state index is 13.4. The van der Waals surface area contributed by atoms with Gasteiger partial charge in [-0.2, -0.15) is 0 Å². The molecule has 2 saturated carbocycles. The zero-order valence-corrected chi connectivity index (χ0v) is 14.3. The third-order valence-electron chi connectivity index (χ3n) is 5.89. The Balaban J connectivity index is 1.35. The lowest BCUT2D eigenvalue weighted by Crippen LogP contribution is -2.37. The first-order valence-corrected chi connectivity index (χ1v) is 9.04. The van der Waals surface area contributed by atoms with E-state index in [4.69, 9.17) is 0 Å². The number of anilines is 1. The van der Waals surface area contributed by atoms with Gasteiger partial charge < -0.3 is 15.6 Å². The summed E-state index contributed by atoms with van der Waals surface area (Å²) in [7, 11) is 0. The zero-order valence-electron chi connectivity index (χ0n) is 14.3.